The van der Waals surface area contributed by atoms with E-state index in [0.29, 0.717) is 10.8 Å². The Morgan fingerprint density at radius 3 is 2.50 bits per heavy atom. The maximum atomic E-state index is 11.7. The predicted molar refractivity (Wildman–Crippen MR) is 109 cm³/mol. The van der Waals surface area contributed by atoms with Gasteiger partial charge in [0.05, 0.1) is 4.92 Å². The first-order valence-electron chi connectivity index (χ1n) is 8.69. The van der Waals surface area contributed by atoms with E-state index in [0.717, 1.165) is 28.8 Å². The second-order valence-electron chi connectivity index (χ2n) is 6.24. The summed E-state index contributed by atoms with van der Waals surface area (Å²) in [7, 11) is 0. The van der Waals surface area contributed by atoms with Crippen molar-refractivity contribution in [1.82, 2.24) is 9.97 Å². The highest BCUT2D eigenvalue weighted by Gasteiger charge is 2.26. The number of benzene rings is 2. The lowest BCUT2D eigenvalue weighted by Gasteiger charge is -2.12. The number of nitrogens with one attached hydrogen (secondary N) is 1. The lowest BCUT2D eigenvalue weighted by atomic mass is 10.1. The van der Waals surface area contributed by atoms with E-state index in [9.17, 15) is 10.1 Å². The molecule has 1 heterocycles. The number of para-hydroxylation sites is 1. The Kier molecular flexibility index (Phi) is 5.75. The van der Waals surface area contributed by atoms with Crippen LogP contribution in [-0.2, 0) is 6.42 Å². The highest BCUT2D eigenvalue weighted by atomic mass is 35.5. The first-order valence-corrected chi connectivity index (χ1v) is 9.07. The number of anilines is 2. The SMILES string of the molecule is CCc1ccccc1Nc1ncnc(Oc2cc(C)c(Cl)c(C)c2)c1[N+](=O)[O-]. The molecule has 28 heavy (non-hydrogen) atoms. The standard InChI is InChI=1S/C20H19ClN4O3/c1-4-14-7-5-6-8-16(14)24-19-18(25(26)27)20(23-11-22-19)28-15-9-12(2)17(21)13(3)10-15/h5-11H,4H2,1-3H3,(H,22,23,24). The Morgan fingerprint density at radius 1 is 1.18 bits per heavy atom. The average molecular weight is 399 g/mol. The van der Waals surface area contributed by atoms with Crippen LogP contribution in [0.2, 0.25) is 5.02 Å². The molecule has 0 atom stereocenters. The van der Waals surface area contributed by atoms with Gasteiger partial charge in [-0.15, -0.1) is 0 Å². The van der Waals surface area contributed by atoms with Gasteiger partial charge in [0.25, 0.3) is 0 Å². The first kappa shape index (κ1) is 19.6. The number of rotatable bonds is 6. The summed E-state index contributed by atoms with van der Waals surface area (Å²) in [6, 6.07) is 11.0. The third-order valence-corrected chi connectivity index (χ3v) is 4.84. The molecule has 1 N–H and O–H groups in total. The largest absolute Gasteiger partial charge is 0.434 e. The van der Waals surface area contributed by atoms with Crippen LogP contribution < -0.4 is 10.1 Å². The smallest absolute Gasteiger partial charge is 0.373 e. The molecule has 0 bridgehead atoms. The van der Waals surface area contributed by atoms with E-state index in [-0.39, 0.29) is 17.4 Å². The molecule has 0 aliphatic rings. The monoisotopic (exact) mass is 398 g/mol. The molecule has 0 unspecified atom stereocenters. The zero-order chi connectivity index (χ0) is 20.3. The van der Waals surface area contributed by atoms with Crippen LogP contribution in [-0.4, -0.2) is 14.9 Å². The van der Waals surface area contributed by atoms with Gasteiger partial charge in [-0.3, -0.25) is 10.1 Å². The molecule has 0 aliphatic heterocycles. The van der Waals surface area contributed by atoms with Gasteiger partial charge in [-0.1, -0.05) is 36.7 Å². The number of halogens is 1. The fourth-order valence-electron chi connectivity index (χ4n) is 2.85. The summed E-state index contributed by atoms with van der Waals surface area (Å²) in [5, 5.41) is 15.4. The molecule has 144 valence electrons. The molecule has 3 rings (SSSR count). The second kappa shape index (κ2) is 8.22. The molecule has 0 spiro atoms. The van der Waals surface area contributed by atoms with Gasteiger partial charge in [0.15, 0.2) is 0 Å². The van der Waals surface area contributed by atoms with Crippen LogP contribution in [0.25, 0.3) is 0 Å². The van der Waals surface area contributed by atoms with E-state index in [1.807, 2.05) is 45.0 Å². The van der Waals surface area contributed by atoms with Gasteiger partial charge in [0.2, 0.25) is 5.82 Å². The molecule has 7 nitrogen and oxygen atoms in total. The Labute approximate surface area is 167 Å². The lowest BCUT2D eigenvalue weighted by molar-refractivity contribution is -0.385. The number of hydrogen-bond donors (Lipinski definition) is 1. The minimum atomic E-state index is -0.554. The molecule has 1 aromatic heterocycles. The van der Waals surface area contributed by atoms with E-state index in [4.69, 9.17) is 16.3 Å². The summed E-state index contributed by atoms with van der Waals surface area (Å²) in [5.41, 5.74) is 3.05. The van der Waals surface area contributed by atoms with Crippen molar-refractivity contribution in [3.05, 3.63) is 74.6 Å². The van der Waals surface area contributed by atoms with Crippen LogP contribution in [0.3, 0.4) is 0 Å². The van der Waals surface area contributed by atoms with Gasteiger partial charge in [0, 0.05) is 10.7 Å². The third-order valence-electron chi connectivity index (χ3n) is 4.25. The molecular weight excluding hydrogens is 380 g/mol. The second-order valence-corrected chi connectivity index (χ2v) is 6.62. The van der Waals surface area contributed by atoms with Crippen LogP contribution in [0.15, 0.2) is 42.7 Å². The topological polar surface area (TPSA) is 90.2 Å². The van der Waals surface area contributed by atoms with Gasteiger partial charge in [0.1, 0.15) is 12.1 Å². The lowest BCUT2D eigenvalue weighted by Crippen LogP contribution is -2.05. The number of nitrogens with zero attached hydrogens (tertiary/aromatic N) is 3. The van der Waals surface area contributed by atoms with Crippen LogP contribution in [0.1, 0.15) is 23.6 Å². The van der Waals surface area contributed by atoms with Gasteiger partial charge >= 0.3 is 11.6 Å². The summed E-state index contributed by atoms with van der Waals surface area (Å²) in [5.74, 6) is 0.344. The Bertz CT molecular complexity index is 1020. The van der Waals surface area contributed by atoms with Gasteiger partial charge in [-0.25, -0.2) is 4.98 Å². The zero-order valence-electron chi connectivity index (χ0n) is 15.7. The van der Waals surface area contributed by atoms with Gasteiger partial charge < -0.3 is 10.1 Å². The fraction of sp³-hybridized carbons (Fsp3) is 0.200. The highest BCUT2D eigenvalue weighted by molar-refractivity contribution is 6.32. The number of aryl methyl sites for hydroxylation is 3. The summed E-state index contributed by atoms with van der Waals surface area (Å²) in [6.07, 6.45) is 2.00. The molecule has 0 saturated carbocycles. The molecule has 2 aromatic carbocycles. The van der Waals surface area contributed by atoms with Gasteiger partial charge in [-0.05, 0) is 55.2 Å². The van der Waals surface area contributed by atoms with Gasteiger partial charge in [-0.2, -0.15) is 4.98 Å². The number of nitro groups is 1. The predicted octanol–water partition coefficient (Wildman–Crippen LogP) is 5.75. The number of ether oxygens (including phenoxy) is 1. The summed E-state index contributed by atoms with van der Waals surface area (Å²) in [4.78, 5) is 19.2. The van der Waals surface area contributed by atoms with Crippen molar-refractivity contribution in [3.63, 3.8) is 0 Å². The molecular formula is C20H19ClN4O3. The summed E-state index contributed by atoms with van der Waals surface area (Å²) >= 11 is 6.18. The van der Waals surface area contributed by atoms with E-state index < -0.39 is 4.92 Å². The molecule has 3 aromatic rings. The van der Waals surface area contributed by atoms with Crippen molar-refractivity contribution in [2.45, 2.75) is 27.2 Å². The summed E-state index contributed by atoms with van der Waals surface area (Å²) in [6.45, 7) is 5.69. The fourth-order valence-corrected chi connectivity index (χ4v) is 2.96. The van der Waals surface area contributed by atoms with Crippen molar-refractivity contribution in [1.29, 1.82) is 0 Å². The van der Waals surface area contributed by atoms with Crippen LogP contribution in [0.4, 0.5) is 17.2 Å². The van der Waals surface area contributed by atoms with Crippen LogP contribution in [0, 0.1) is 24.0 Å². The molecule has 8 heteroatoms. The van der Waals surface area contributed by atoms with Crippen molar-refractivity contribution >= 4 is 28.8 Å². The first-order chi connectivity index (χ1) is 13.4. The zero-order valence-corrected chi connectivity index (χ0v) is 16.4. The molecule has 0 fully saturated rings. The number of aromatic nitrogens is 2. The number of hydrogen-bond acceptors (Lipinski definition) is 6. The van der Waals surface area contributed by atoms with E-state index >= 15 is 0 Å². The highest BCUT2D eigenvalue weighted by Crippen LogP contribution is 2.37. The van der Waals surface area contributed by atoms with E-state index in [1.54, 1.807) is 12.1 Å². The Balaban J connectivity index is 2.02. The van der Waals surface area contributed by atoms with Crippen molar-refractivity contribution in [3.8, 4) is 11.6 Å². The average Bonchev–Trinajstić information content (AvgIpc) is 2.66. The Hall–Kier alpha value is -3.19. The summed E-state index contributed by atoms with van der Waals surface area (Å²) < 4.78 is 5.73. The quantitative estimate of drug-likeness (QED) is 0.419. The normalized spacial score (nSPS) is 10.6. The molecule has 0 aliphatic carbocycles. The molecule has 0 radical (unpaired) electrons. The molecule has 0 saturated heterocycles. The van der Waals surface area contributed by atoms with Crippen molar-refractivity contribution in [2.75, 3.05) is 5.32 Å². The maximum absolute atomic E-state index is 11.7. The Morgan fingerprint density at radius 2 is 1.86 bits per heavy atom. The van der Waals surface area contributed by atoms with Crippen LogP contribution >= 0.6 is 11.6 Å². The minimum absolute atomic E-state index is 0.0679. The third kappa shape index (κ3) is 4.04. The van der Waals surface area contributed by atoms with Crippen molar-refractivity contribution in [2.24, 2.45) is 0 Å². The molecule has 0 amide bonds. The minimum Gasteiger partial charge on any atom is -0.434 e. The van der Waals surface area contributed by atoms with Crippen molar-refractivity contribution < 1.29 is 9.66 Å². The van der Waals surface area contributed by atoms with Crippen LogP contribution in [0.5, 0.6) is 11.6 Å². The van der Waals surface area contributed by atoms with E-state index in [1.165, 1.54) is 6.33 Å². The van der Waals surface area contributed by atoms with E-state index in [2.05, 4.69) is 15.3 Å². The maximum Gasteiger partial charge on any atom is 0.373 e.